The monoisotopic (exact) mass is 470 g/mol. The van der Waals surface area contributed by atoms with Gasteiger partial charge in [-0.15, -0.1) is 0 Å². The number of rotatable bonds is 6. The summed E-state index contributed by atoms with van der Waals surface area (Å²) in [5.74, 6) is -1.21. The first-order valence-corrected chi connectivity index (χ1v) is 9.86. The van der Waals surface area contributed by atoms with Crippen molar-refractivity contribution in [3.8, 4) is 0 Å². The second-order valence-corrected chi connectivity index (χ2v) is 8.04. The number of nitrogens with zero attached hydrogens (tertiary/aromatic N) is 1. The van der Waals surface area contributed by atoms with Crippen molar-refractivity contribution < 1.29 is 51.9 Å². The van der Waals surface area contributed by atoms with Gasteiger partial charge in [0.1, 0.15) is 12.5 Å². The van der Waals surface area contributed by atoms with Gasteiger partial charge in [-0.3, -0.25) is 9.59 Å². The number of aliphatic carboxylic acids is 1. The number of carboxylic acid groups (broad SMARTS) is 1. The minimum Gasteiger partial charge on any atom is -0.481 e. The van der Waals surface area contributed by atoms with Crippen LogP contribution in [0.5, 0.6) is 0 Å². The maximum Gasteiger partial charge on any atom is 0.312 e. The van der Waals surface area contributed by atoms with E-state index in [9.17, 15) is 14.7 Å². The number of anilines is 1. The van der Waals surface area contributed by atoms with E-state index in [0.29, 0.717) is 24.0 Å². The van der Waals surface area contributed by atoms with Crippen LogP contribution in [0, 0.1) is 19.8 Å². The third kappa shape index (κ3) is 6.21. The van der Waals surface area contributed by atoms with Gasteiger partial charge in [-0.1, -0.05) is 48.5 Å². The average molecular weight is 470 g/mol. The Morgan fingerprint density at radius 2 is 1.72 bits per heavy atom. The summed E-state index contributed by atoms with van der Waals surface area (Å²) in [6.45, 7) is 6.23. The Morgan fingerprint density at radius 3 is 2.34 bits per heavy atom. The number of carbonyl (C=O) groups is 2. The van der Waals surface area contributed by atoms with Crippen LogP contribution in [-0.2, 0) is 48.8 Å². The SMILES string of the molecule is Cc1cccc(C)c1NC(=O)C[N+]1(Cc2ccccc2)CCCC(C(=O)O)C1.[Y]. The van der Waals surface area contributed by atoms with Crippen molar-refractivity contribution in [3.63, 3.8) is 0 Å². The first-order chi connectivity index (χ1) is 13.4. The van der Waals surface area contributed by atoms with Crippen LogP contribution in [-0.4, -0.2) is 41.1 Å². The van der Waals surface area contributed by atoms with Gasteiger partial charge in [-0.2, -0.15) is 0 Å². The van der Waals surface area contributed by atoms with Crippen LogP contribution in [0.15, 0.2) is 48.5 Å². The number of hydrogen-bond acceptors (Lipinski definition) is 2. The minimum absolute atomic E-state index is 0. The zero-order chi connectivity index (χ0) is 20.1. The van der Waals surface area contributed by atoms with Crippen molar-refractivity contribution in [2.75, 3.05) is 25.0 Å². The van der Waals surface area contributed by atoms with Crippen LogP contribution in [0.25, 0.3) is 0 Å². The average Bonchev–Trinajstić information content (AvgIpc) is 2.65. The Balaban J connectivity index is 0.00000300. The summed E-state index contributed by atoms with van der Waals surface area (Å²) in [5, 5.41) is 12.6. The van der Waals surface area contributed by atoms with Crippen molar-refractivity contribution in [2.45, 2.75) is 33.2 Å². The second-order valence-electron chi connectivity index (χ2n) is 8.04. The molecule has 0 bridgehead atoms. The van der Waals surface area contributed by atoms with Crippen molar-refractivity contribution in [1.29, 1.82) is 0 Å². The topological polar surface area (TPSA) is 66.4 Å². The summed E-state index contributed by atoms with van der Waals surface area (Å²) in [4.78, 5) is 24.6. The molecule has 2 aromatic rings. The van der Waals surface area contributed by atoms with Crippen LogP contribution in [0.1, 0.15) is 29.5 Å². The first-order valence-electron chi connectivity index (χ1n) is 9.86. The predicted octanol–water partition coefficient (Wildman–Crippen LogP) is 3.75. The Morgan fingerprint density at radius 1 is 1.07 bits per heavy atom. The maximum atomic E-state index is 13.0. The van der Waals surface area contributed by atoms with Crippen molar-refractivity contribution >= 4 is 17.6 Å². The van der Waals surface area contributed by atoms with Gasteiger partial charge >= 0.3 is 5.97 Å². The van der Waals surface area contributed by atoms with Crippen molar-refractivity contribution in [2.24, 2.45) is 5.92 Å². The molecule has 0 spiro atoms. The number of likely N-dealkylation sites (tertiary alicyclic amines) is 1. The summed E-state index contributed by atoms with van der Waals surface area (Å²) in [7, 11) is 0. The number of carbonyl (C=O) groups excluding carboxylic acids is 1. The second kappa shape index (κ2) is 10.5. The van der Waals surface area contributed by atoms with Gasteiger partial charge < -0.3 is 14.9 Å². The molecule has 2 atom stereocenters. The standard InChI is InChI=1S/C23H28N2O3.Y/c1-17-8-6-9-18(2)22(17)24-21(26)16-25(14-19-10-4-3-5-11-19)13-7-12-20(15-25)23(27)28;/h3-6,8-11,20H,7,12-16H2,1-2H3,(H-,24,26,27,28);/p+1. The Bertz CT molecular complexity index is 836. The molecular weight excluding hydrogens is 441 g/mol. The van der Waals surface area contributed by atoms with E-state index < -0.39 is 11.9 Å². The normalized spacial score (nSPS) is 21.1. The molecule has 2 aromatic carbocycles. The zero-order valence-electron chi connectivity index (χ0n) is 17.2. The molecule has 3 rings (SSSR count). The molecule has 29 heavy (non-hydrogen) atoms. The molecule has 5 nitrogen and oxygen atoms in total. The molecule has 1 aliphatic heterocycles. The van der Waals surface area contributed by atoms with Gasteiger partial charge in [0.25, 0.3) is 5.91 Å². The van der Waals surface area contributed by atoms with E-state index in [0.717, 1.165) is 35.3 Å². The Kier molecular flexibility index (Phi) is 8.56. The van der Waals surface area contributed by atoms with Gasteiger partial charge in [-0.25, -0.2) is 0 Å². The van der Waals surface area contributed by atoms with Crippen molar-refractivity contribution in [3.05, 3.63) is 65.2 Å². The third-order valence-corrected chi connectivity index (χ3v) is 5.73. The number of quaternary nitrogens is 1. The molecule has 6 heteroatoms. The van der Waals surface area contributed by atoms with E-state index in [4.69, 9.17) is 0 Å². The van der Waals surface area contributed by atoms with Crippen molar-refractivity contribution in [1.82, 2.24) is 0 Å². The molecule has 1 fully saturated rings. The van der Waals surface area contributed by atoms with Gasteiger partial charge in [0.15, 0.2) is 6.54 Å². The van der Waals surface area contributed by atoms with E-state index in [-0.39, 0.29) is 45.2 Å². The molecular formula is C23H29N2O3Y+. The molecule has 0 aromatic heterocycles. The summed E-state index contributed by atoms with van der Waals surface area (Å²) < 4.78 is 0.484. The predicted molar refractivity (Wildman–Crippen MR) is 110 cm³/mol. The van der Waals surface area contributed by atoms with Gasteiger partial charge in [-0.05, 0) is 37.8 Å². The third-order valence-electron chi connectivity index (χ3n) is 5.73. The molecule has 0 saturated carbocycles. The molecule has 1 radical (unpaired) electrons. The van der Waals surface area contributed by atoms with Crippen LogP contribution in [0.4, 0.5) is 5.69 Å². The molecule has 0 aliphatic carbocycles. The van der Waals surface area contributed by atoms with Crippen LogP contribution >= 0.6 is 0 Å². The summed E-state index contributed by atoms with van der Waals surface area (Å²) in [6.07, 6.45) is 1.50. The van der Waals surface area contributed by atoms with E-state index in [2.05, 4.69) is 5.32 Å². The maximum absolute atomic E-state index is 13.0. The molecule has 1 aliphatic rings. The molecule has 1 heterocycles. The van der Waals surface area contributed by atoms with Crippen LogP contribution < -0.4 is 5.32 Å². The van der Waals surface area contributed by atoms with E-state index in [1.165, 1.54) is 0 Å². The molecule has 1 amide bonds. The number of para-hydroxylation sites is 1. The number of carboxylic acids is 1. The molecule has 2 unspecified atom stereocenters. The number of aryl methyl sites for hydroxylation is 2. The fraction of sp³-hybridized carbons (Fsp3) is 0.391. The first kappa shape index (κ1) is 23.7. The van der Waals surface area contributed by atoms with Gasteiger partial charge in [0.2, 0.25) is 0 Å². The molecule has 1 saturated heterocycles. The van der Waals surface area contributed by atoms with Crippen LogP contribution in [0.2, 0.25) is 0 Å². The summed E-state index contributed by atoms with van der Waals surface area (Å²) in [6, 6.07) is 16.0. The smallest absolute Gasteiger partial charge is 0.312 e. The van der Waals surface area contributed by atoms with E-state index in [1.807, 2.05) is 62.4 Å². The van der Waals surface area contributed by atoms with Crippen LogP contribution in [0.3, 0.4) is 0 Å². The van der Waals surface area contributed by atoms with Gasteiger partial charge in [0, 0.05) is 44.0 Å². The summed E-state index contributed by atoms with van der Waals surface area (Å²) >= 11 is 0. The number of nitrogens with one attached hydrogen (secondary N) is 1. The number of hydrogen-bond donors (Lipinski definition) is 2. The number of piperidine rings is 1. The van der Waals surface area contributed by atoms with Gasteiger partial charge in [0.05, 0.1) is 13.1 Å². The fourth-order valence-electron chi connectivity index (χ4n) is 4.33. The Labute approximate surface area is 198 Å². The fourth-order valence-corrected chi connectivity index (χ4v) is 4.33. The molecule has 2 N–H and O–H groups in total. The van der Waals surface area contributed by atoms with E-state index in [1.54, 1.807) is 0 Å². The quantitative estimate of drug-likeness (QED) is 0.633. The van der Waals surface area contributed by atoms with E-state index >= 15 is 0 Å². The minimum atomic E-state index is -0.759. The number of benzene rings is 2. The zero-order valence-corrected chi connectivity index (χ0v) is 20.1. The largest absolute Gasteiger partial charge is 0.481 e. The Hall–Kier alpha value is -1.56. The summed E-state index contributed by atoms with van der Waals surface area (Å²) in [5.41, 5.74) is 4.06. The molecule has 151 valence electrons. The number of amides is 1.